The lowest BCUT2D eigenvalue weighted by Gasteiger charge is -2.27. The molecule has 0 aromatic heterocycles. The van der Waals surface area contributed by atoms with Crippen LogP contribution in [0, 0.1) is 5.41 Å². The minimum atomic E-state index is -0.749. The normalized spacial score (nSPS) is 11.1. The standard InChI is InChI=1S/C18H27NO4/c1-5-10-23-15-9-8-14(11-16(15)22-4)12-19-13-18(6-2,7-3)17(20)21/h5,8-9,11,19H,1,6-7,10,12-13H2,2-4H3,(H,20,21). The fourth-order valence-electron chi connectivity index (χ4n) is 2.41. The van der Waals surface area contributed by atoms with E-state index >= 15 is 0 Å². The molecule has 1 aromatic carbocycles. The Kier molecular flexibility index (Phi) is 7.62. The maximum atomic E-state index is 11.5. The highest BCUT2D eigenvalue weighted by Gasteiger charge is 2.34. The Bertz CT molecular complexity index is 524. The van der Waals surface area contributed by atoms with Crippen molar-refractivity contribution in [3.05, 3.63) is 36.4 Å². The van der Waals surface area contributed by atoms with Gasteiger partial charge >= 0.3 is 5.97 Å². The summed E-state index contributed by atoms with van der Waals surface area (Å²) in [5, 5.41) is 12.7. The smallest absolute Gasteiger partial charge is 0.310 e. The summed E-state index contributed by atoms with van der Waals surface area (Å²) in [6.45, 7) is 8.87. The zero-order valence-electron chi connectivity index (χ0n) is 14.2. The van der Waals surface area contributed by atoms with Crippen LogP contribution < -0.4 is 14.8 Å². The van der Waals surface area contributed by atoms with Gasteiger partial charge in [-0.25, -0.2) is 0 Å². The Balaban J connectivity index is 2.71. The van der Waals surface area contributed by atoms with Gasteiger partial charge in [-0.1, -0.05) is 32.6 Å². The Morgan fingerprint density at radius 2 is 2.04 bits per heavy atom. The van der Waals surface area contributed by atoms with E-state index in [9.17, 15) is 9.90 Å². The zero-order chi connectivity index (χ0) is 17.3. The maximum Gasteiger partial charge on any atom is 0.310 e. The third-order valence-corrected chi connectivity index (χ3v) is 4.18. The van der Waals surface area contributed by atoms with E-state index in [1.165, 1.54) is 0 Å². The summed E-state index contributed by atoms with van der Waals surface area (Å²) in [5.74, 6) is 0.570. The largest absolute Gasteiger partial charge is 0.493 e. The third-order valence-electron chi connectivity index (χ3n) is 4.18. The molecule has 0 aliphatic carbocycles. The third kappa shape index (κ3) is 4.99. The molecule has 0 amide bonds. The van der Waals surface area contributed by atoms with Crippen LogP contribution in [0.3, 0.4) is 0 Å². The van der Waals surface area contributed by atoms with Gasteiger partial charge in [0.15, 0.2) is 11.5 Å². The van der Waals surface area contributed by atoms with Crippen LogP contribution in [0.5, 0.6) is 11.5 Å². The van der Waals surface area contributed by atoms with Crippen molar-refractivity contribution in [1.29, 1.82) is 0 Å². The van der Waals surface area contributed by atoms with Gasteiger partial charge in [0.1, 0.15) is 6.61 Å². The van der Waals surface area contributed by atoms with Crippen LogP contribution in [-0.2, 0) is 11.3 Å². The molecule has 1 aromatic rings. The van der Waals surface area contributed by atoms with Crippen molar-refractivity contribution in [2.45, 2.75) is 33.2 Å². The number of rotatable bonds is 11. The van der Waals surface area contributed by atoms with Crippen LogP contribution in [0.25, 0.3) is 0 Å². The molecule has 0 atom stereocenters. The highest BCUT2D eigenvalue weighted by Crippen LogP contribution is 2.29. The average Bonchev–Trinajstić information content (AvgIpc) is 2.57. The second kappa shape index (κ2) is 9.20. The van der Waals surface area contributed by atoms with Gasteiger partial charge in [-0.05, 0) is 30.5 Å². The summed E-state index contributed by atoms with van der Waals surface area (Å²) in [6, 6.07) is 5.68. The lowest BCUT2D eigenvalue weighted by Crippen LogP contribution is -2.40. The van der Waals surface area contributed by atoms with E-state index in [0.717, 1.165) is 5.56 Å². The minimum Gasteiger partial charge on any atom is -0.493 e. The molecule has 0 fully saturated rings. The first-order valence-corrected chi connectivity index (χ1v) is 7.87. The van der Waals surface area contributed by atoms with Gasteiger partial charge in [0, 0.05) is 13.1 Å². The number of hydrogen-bond acceptors (Lipinski definition) is 4. The average molecular weight is 321 g/mol. The second-order valence-corrected chi connectivity index (χ2v) is 5.48. The monoisotopic (exact) mass is 321 g/mol. The first-order chi connectivity index (χ1) is 11.0. The molecular weight excluding hydrogens is 294 g/mol. The molecule has 0 saturated heterocycles. The fourth-order valence-corrected chi connectivity index (χ4v) is 2.41. The fraction of sp³-hybridized carbons (Fsp3) is 0.500. The van der Waals surface area contributed by atoms with E-state index in [0.29, 0.717) is 44.0 Å². The van der Waals surface area contributed by atoms with Crippen molar-refractivity contribution < 1.29 is 19.4 Å². The van der Waals surface area contributed by atoms with Crippen molar-refractivity contribution in [2.24, 2.45) is 5.41 Å². The molecule has 0 aliphatic rings. The van der Waals surface area contributed by atoms with Crippen LogP contribution in [0.15, 0.2) is 30.9 Å². The van der Waals surface area contributed by atoms with Crippen LogP contribution in [-0.4, -0.2) is 31.3 Å². The number of aliphatic carboxylic acids is 1. The molecule has 5 nitrogen and oxygen atoms in total. The molecule has 0 aliphatic heterocycles. The van der Waals surface area contributed by atoms with Gasteiger partial charge in [0.25, 0.3) is 0 Å². The van der Waals surface area contributed by atoms with E-state index in [4.69, 9.17) is 9.47 Å². The quantitative estimate of drug-likeness (QED) is 0.612. The zero-order valence-corrected chi connectivity index (χ0v) is 14.2. The second-order valence-electron chi connectivity index (χ2n) is 5.48. The summed E-state index contributed by atoms with van der Waals surface area (Å²) < 4.78 is 10.8. The summed E-state index contributed by atoms with van der Waals surface area (Å²) in [4.78, 5) is 11.5. The first-order valence-electron chi connectivity index (χ1n) is 7.87. The lowest BCUT2D eigenvalue weighted by molar-refractivity contribution is -0.149. The van der Waals surface area contributed by atoms with Crippen molar-refractivity contribution in [3.63, 3.8) is 0 Å². The number of carbonyl (C=O) groups is 1. The maximum absolute atomic E-state index is 11.5. The molecule has 0 heterocycles. The lowest BCUT2D eigenvalue weighted by atomic mass is 9.82. The Labute approximate surface area is 138 Å². The molecule has 23 heavy (non-hydrogen) atoms. The topological polar surface area (TPSA) is 67.8 Å². The summed E-state index contributed by atoms with van der Waals surface area (Å²) in [5.41, 5.74) is 0.302. The van der Waals surface area contributed by atoms with Crippen molar-refractivity contribution in [2.75, 3.05) is 20.3 Å². The molecule has 0 radical (unpaired) electrons. The van der Waals surface area contributed by atoms with Gasteiger partial charge in [-0.15, -0.1) is 0 Å². The van der Waals surface area contributed by atoms with Crippen LogP contribution in [0.1, 0.15) is 32.3 Å². The molecule has 5 heteroatoms. The van der Waals surface area contributed by atoms with Crippen molar-refractivity contribution >= 4 is 5.97 Å². The molecule has 0 unspecified atom stereocenters. The van der Waals surface area contributed by atoms with Crippen molar-refractivity contribution in [3.8, 4) is 11.5 Å². The number of carboxylic acids is 1. The van der Waals surface area contributed by atoms with Gasteiger partial charge in [-0.3, -0.25) is 4.79 Å². The Hall–Kier alpha value is -2.01. The predicted octanol–water partition coefficient (Wildman–Crippen LogP) is 3.24. The number of hydrogen-bond donors (Lipinski definition) is 2. The minimum absolute atomic E-state index is 0.419. The molecule has 0 spiro atoms. The summed E-state index contributed by atoms with van der Waals surface area (Å²) in [7, 11) is 1.59. The molecular formula is C18H27NO4. The molecule has 0 bridgehead atoms. The van der Waals surface area contributed by atoms with E-state index in [1.807, 2.05) is 32.0 Å². The number of benzene rings is 1. The number of methoxy groups -OCH3 is 1. The number of ether oxygens (including phenoxy) is 2. The molecule has 0 saturated carbocycles. The van der Waals surface area contributed by atoms with Crippen LogP contribution in [0.2, 0.25) is 0 Å². The SMILES string of the molecule is C=CCOc1ccc(CNCC(CC)(CC)C(=O)O)cc1OC. The van der Waals surface area contributed by atoms with Gasteiger partial charge in [0.2, 0.25) is 0 Å². The van der Waals surface area contributed by atoms with Crippen LogP contribution >= 0.6 is 0 Å². The van der Waals surface area contributed by atoms with Gasteiger partial charge in [0.05, 0.1) is 12.5 Å². The molecule has 2 N–H and O–H groups in total. The first kappa shape index (κ1) is 19.0. The highest BCUT2D eigenvalue weighted by molar-refractivity contribution is 5.74. The van der Waals surface area contributed by atoms with Gasteiger partial charge in [-0.2, -0.15) is 0 Å². The number of nitrogens with one attached hydrogen (secondary N) is 1. The summed E-state index contributed by atoms with van der Waals surface area (Å²) in [6.07, 6.45) is 2.88. The van der Waals surface area contributed by atoms with Crippen molar-refractivity contribution in [1.82, 2.24) is 5.32 Å². The van der Waals surface area contributed by atoms with E-state index in [-0.39, 0.29) is 0 Å². The summed E-state index contributed by atoms with van der Waals surface area (Å²) >= 11 is 0. The van der Waals surface area contributed by atoms with E-state index in [1.54, 1.807) is 13.2 Å². The Morgan fingerprint density at radius 1 is 1.35 bits per heavy atom. The Morgan fingerprint density at radius 3 is 2.57 bits per heavy atom. The number of carboxylic acid groups (broad SMARTS) is 1. The van der Waals surface area contributed by atoms with Crippen LogP contribution in [0.4, 0.5) is 0 Å². The molecule has 128 valence electrons. The van der Waals surface area contributed by atoms with Gasteiger partial charge < -0.3 is 19.9 Å². The highest BCUT2D eigenvalue weighted by atomic mass is 16.5. The van der Waals surface area contributed by atoms with E-state index in [2.05, 4.69) is 11.9 Å². The predicted molar refractivity (Wildman–Crippen MR) is 91.0 cm³/mol. The molecule has 1 rings (SSSR count). The van der Waals surface area contributed by atoms with E-state index < -0.39 is 11.4 Å².